The fourth-order valence-electron chi connectivity index (χ4n) is 5.36. The van der Waals surface area contributed by atoms with Gasteiger partial charge in [0.2, 0.25) is 0 Å². The number of halogens is 1. The SMILES string of the molecule is CC(C)CCC1(C2CCN(CC3CNNC3c3ccc(Cl)cc3)CC2)NC(=O)NC1=O. The number of hydrogen-bond donors (Lipinski definition) is 4. The number of rotatable bonds is 7. The van der Waals surface area contributed by atoms with E-state index >= 15 is 0 Å². The van der Waals surface area contributed by atoms with Gasteiger partial charge in [0.15, 0.2) is 0 Å². The normalized spacial score (nSPS) is 30.1. The molecule has 1 aromatic carbocycles. The number of nitrogens with one attached hydrogen (secondary N) is 4. The molecule has 3 aliphatic heterocycles. The lowest BCUT2D eigenvalue weighted by molar-refractivity contribution is -0.127. The molecule has 4 rings (SSSR count). The Morgan fingerprint density at radius 2 is 1.87 bits per heavy atom. The summed E-state index contributed by atoms with van der Waals surface area (Å²) in [6.45, 7) is 8.13. The average molecular weight is 448 g/mol. The van der Waals surface area contributed by atoms with E-state index in [1.54, 1.807) is 0 Å². The molecule has 0 saturated carbocycles. The first-order chi connectivity index (χ1) is 14.9. The maximum Gasteiger partial charge on any atom is 0.322 e. The molecule has 4 N–H and O–H groups in total. The molecule has 0 aromatic heterocycles. The lowest BCUT2D eigenvalue weighted by Gasteiger charge is -2.41. The number of hydrazine groups is 1. The summed E-state index contributed by atoms with van der Waals surface area (Å²) < 4.78 is 0. The maximum absolute atomic E-state index is 12.8. The molecule has 3 unspecified atom stereocenters. The van der Waals surface area contributed by atoms with Crippen molar-refractivity contribution in [1.29, 1.82) is 0 Å². The van der Waals surface area contributed by atoms with Crippen LogP contribution in [0.5, 0.6) is 0 Å². The largest absolute Gasteiger partial charge is 0.323 e. The fraction of sp³-hybridized carbons (Fsp3) is 0.652. The molecule has 170 valence electrons. The molecule has 3 atom stereocenters. The van der Waals surface area contributed by atoms with Crippen LogP contribution in [-0.4, -0.2) is 48.6 Å². The molecule has 3 aliphatic rings. The van der Waals surface area contributed by atoms with Gasteiger partial charge in [-0.2, -0.15) is 0 Å². The number of hydrogen-bond acceptors (Lipinski definition) is 5. The highest BCUT2D eigenvalue weighted by Crippen LogP contribution is 2.36. The Hall–Kier alpha value is -1.67. The van der Waals surface area contributed by atoms with E-state index in [1.807, 2.05) is 12.1 Å². The molecule has 1 aromatic rings. The summed E-state index contributed by atoms with van der Waals surface area (Å²) in [6.07, 6.45) is 3.48. The van der Waals surface area contributed by atoms with Gasteiger partial charge in [0.05, 0.1) is 6.04 Å². The number of amides is 3. The summed E-state index contributed by atoms with van der Waals surface area (Å²) in [5.74, 6) is 1.00. The standard InChI is InChI=1S/C23H34ClN5O2/c1-15(2)7-10-23(21(30)26-22(31)27-23)18-8-11-29(12-9-18)14-17-13-25-28-20(17)16-3-5-19(24)6-4-16/h3-6,15,17-18,20,25,28H,7-14H2,1-2H3,(H2,26,27,30,31). The summed E-state index contributed by atoms with van der Waals surface area (Å²) in [4.78, 5) is 27.2. The molecule has 3 saturated heterocycles. The van der Waals surface area contributed by atoms with Gasteiger partial charge in [0.1, 0.15) is 5.54 Å². The van der Waals surface area contributed by atoms with E-state index in [2.05, 4.69) is 52.4 Å². The van der Waals surface area contributed by atoms with Gasteiger partial charge >= 0.3 is 6.03 Å². The van der Waals surface area contributed by atoms with Crippen molar-refractivity contribution in [3.05, 3.63) is 34.9 Å². The van der Waals surface area contributed by atoms with Crippen LogP contribution in [0.15, 0.2) is 24.3 Å². The van der Waals surface area contributed by atoms with Crippen LogP contribution in [0.2, 0.25) is 5.02 Å². The molecule has 0 spiro atoms. The number of nitrogens with zero attached hydrogens (tertiary/aromatic N) is 1. The minimum Gasteiger partial charge on any atom is -0.323 e. The van der Waals surface area contributed by atoms with E-state index in [0.717, 1.165) is 50.5 Å². The van der Waals surface area contributed by atoms with Gasteiger partial charge in [-0.05, 0) is 68.3 Å². The zero-order valence-electron chi connectivity index (χ0n) is 18.4. The molecular formula is C23H34ClN5O2. The minimum absolute atomic E-state index is 0.136. The zero-order valence-corrected chi connectivity index (χ0v) is 19.2. The van der Waals surface area contributed by atoms with E-state index in [9.17, 15) is 9.59 Å². The Morgan fingerprint density at radius 3 is 2.48 bits per heavy atom. The molecule has 8 heteroatoms. The van der Waals surface area contributed by atoms with Crippen molar-refractivity contribution >= 4 is 23.5 Å². The van der Waals surface area contributed by atoms with Crippen LogP contribution in [0.4, 0.5) is 4.79 Å². The van der Waals surface area contributed by atoms with Crippen LogP contribution >= 0.6 is 11.6 Å². The van der Waals surface area contributed by atoms with E-state index in [-0.39, 0.29) is 23.9 Å². The molecule has 0 radical (unpaired) electrons. The zero-order chi connectivity index (χ0) is 22.0. The Bertz CT molecular complexity index is 794. The summed E-state index contributed by atoms with van der Waals surface area (Å²) in [5.41, 5.74) is 7.22. The number of carbonyl (C=O) groups excluding carboxylic acids is 2. The fourth-order valence-corrected chi connectivity index (χ4v) is 5.49. The number of piperidine rings is 1. The minimum atomic E-state index is -0.740. The van der Waals surface area contributed by atoms with Gasteiger partial charge < -0.3 is 10.2 Å². The van der Waals surface area contributed by atoms with Crippen molar-refractivity contribution in [2.75, 3.05) is 26.2 Å². The molecule has 0 aliphatic carbocycles. The van der Waals surface area contributed by atoms with Crippen LogP contribution in [0, 0.1) is 17.8 Å². The first-order valence-electron chi connectivity index (χ1n) is 11.5. The molecule has 3 heterocycles. The van der Waals surface area contributed by atoms with E-state index in [4.69, 9.17) is 11.6 Å². The topological polar surface area (TPSA) is 85.5 Å². The van der Waals surface area contributed by atoms with E-state index in [0.29, 0.717) is 18.3 Å². The van der Waals surface area contributed by atoms with E-state index < -0.39 is 5.54 Å². The highest BCUT2D eigenvalue weighted by Gasteiger charge is 2.51. The third-order valence-electron chi connectivity index (χ3n) is 7.18. The number of urea groups is 1. The smallest absolute Gasteiger partial charge is 0.322 e. The van der Waals surface area contributed by atoms with E-state index in [1.165, 1.54) is 5.56 Å². The second-order valence-corrected chi connectivity index (χ2v) is 10.1. The van der Waals surface area contributed by atoms with Crippen LogP contribution in [0.1, 0.15) is 51.1 Å². The Balaban J connectivity index is 1.37. The van der Waals surface area contributed by atoms with Crippen LogP contribution < -0.4 is 21.5 Å². The lowest BCUT2D eigenvalue weighted by atomic mass is 9.74. The monoisotopic (exact) mass is 447 g/mol. The van der Waals surface area contributed by atoms with Crippen molar-refractivity contribution in [2.45, 2.75) is 51.1 Å². The number of benzene rings is 1. The average Bonchev–Trinajstić information content (AvgIpc) is 3.31. The second kappa shape index (κ2) is 9.45. The summed E-state index contributed by atoms with van der Waals surface area (Å²) in [6, 6.07) is 7.98. The summed E-state index contributed by atoms with van der Waals surface area (Å²) in [7, 11) is 0. The van der Waals surface area contributed by atoms with Gasteiger partial charge in [-0.25, -0.2) is 10.2 Å². The van der Waals surface area contributed by atoms with Crippen molar-refractivity contribution in [3.63, 3.8) is 0 Å². The van der Waals surface area contributed by atoms with Gasteiger partial charge in [-0.3, -0.25) is 15.5 Å². The number of carbonyl (C=O) groups is 2. The van der Waals surface area contributed by atoms with Gasteiger partial charge in [-0.15, -0.1) is 0 Å². The number of imide groups is 1. The van der Waals surface area contributed by atoms with Crippen molar-refractivity contribution in [1.82, 2.24) is 26.4 Å². The van der Waals surface area contributed by atoms with Gasteiger partial charge in [0.25, 0.3) is 5.91 Å². The quantitative estimate of drug-likeness (QED) is 0.483. The summed E-state index contributed by atoms with van der Waals surface area (Å²) in [5, 5.41) is 6.27. The van der Waals surface area contributed by atoms with Gasteiger partial charge in [-0.1, -0.05) is 37.6 Å². The Kier molecular flexibility index (Phi) is 6.86. The van der Waals surface area contributed by atoms with Gasteiger partial charge in [0, 0.05) is 24.0 Å². The maximum atomic E-state index is 12.8. The molecule has 31 heavy (non-hydrogen) atoms. The van der Waals surface area contributed by atoms with Crippen molar-refractivity contribution in [2.24, 2.45) is 17.8 Å². The Labute approximate surface area is 189 Å². The predicted octanol–water partition coefficient (Wildman–Crippen LogP) is 2.83. The van der Waals surface area contributed by atoms with Crippen molar-refractivity contribution in [3.8, 4) is 0 Å². The van der Waals surface area contributed by atoms with Crippen LogP contribution in [-0.2, 0) is 4.79 Å². The third kappa shape index (κ3) is 4.90. The summed E-state index contributed by atoms with van der Waals surface area (Å²) >= 11 is 6.05. The first-order valence-corrected chi connectivity index (χ1v) is 11.8. The molecular weight excluding hydrogens is 414 g/mol. The second-order valence-electron chi connectivity index (χ2n) is 9.70. The third-order valence-corrected chi connectivity index (χ3v) is 7.44. The van der Waals surface area contributed by atoms with Crippen LogP contribution in [0.3, 0.4) is 0 Å². The predicted molar refractivity (Wildman–Crippen MR) is 121 cm³/mol. The molecule has 3 fully saturated rings. The highest BCUT2D eigenvalue weighted by atomic mass is 35.5. The first kappa shape index (κ1) is 22.5. The Morgan fingerprint density at radius 1 is 1.16 bits per heavy atom. The molecule has 7 nitrogen and oxygen atoms in total. The lowest BCUT2D eigenvalue weighted by Crippen LogP contribution is -2.56. The van der Waals surface area contributed by atoms with Crippen LogP contribution in [0.25, 0.3) is 0 Å². The molecule has 0 bridgehead atoms. The van der Waals surface area contributed by atoms with Crippen molar-refractivity contribution < 1.29 is 9.59 Å². The molecule has 3 amide bonds. The number of likely N-dealkylation sites (tertiary alicyclic amines) is 1. The highest BCUT2D eigenvalue weighted by molar-refractivity contribution is 6.30.